The second-order valence-electron chi connectivity index (χ2n) is 7.44. The molecule has 3 heterocycles. The van der Waals surface area contributed by atoms with Gasteiger partial charge in [-0.15, -0.1) is 0 Å². The van der Waals surface area contributed by atoms with Crippen LogP contribution in [0, 0.1) is 5.92 Å². The van der Waals surface area contributed by atoms with Gasteiger partial charge in [-0.25, -0.2) is 4.79 Å². The summed E-state index contributed by atoms with van der Waals surface area (Å²) in [4.78, 5) is 44.6. The number of aliphatic hydroxyl groups is 1. The zero-order valence-corrected chi connectivity index (χ0v) is 15.6. The van der Waals surface area contributed by atoms with Crippen molar-refractivity contribution < 1.29 is 19.5 Å². The van der Waals surface area contributed by atoms with Crippen molar-refractivity contribution in [3.63, 3.8) is 0 Å². The number of benzene rings is 1. The van der Waals surface area contributed by atoms with Crippen LogP contribution < -0.4 is 0 Å². The largest absolute Gasteiger partial charge is 0.391 e. The highest BCUT2D eigenvalue weighted by molar-refractivity contribution is 6.04. The number of carbonyl (C=O) groups is 3. The van der Waals surface area contributed by atoms with Crippen LogP contribution in [0.1, 0.15) is 5.56 Å². The van der Waals surface area contributed by atoms with E-state index in [2.05, 4.69) is 4.98 Å². The predicted molar refractivity (Wildman–Crippen MR) is 101 cm³/mol. The van der Waals surface area contributed by atoms with Gasteiger partial charge in [0.15, 0.2) is 0 Å². The summed E-state index contributed by atoms with van der Waals surface area (Å²) in [5.74, 6) is -0.805. The maximum atomic E-state index is 12.6. The number of nitrogens with zero attached hydrogens (tertiary/aromatic N) is 4. The van der Waals surface area contributed by atoms with Gasteiger partial charge in [0.25, 0.3) is 5.91 Å². The smallest absolute Gasteiger partial charge is 0.327 e. The second-order valence-corrected chi connectivity index (χ2v) is 7.44. The van der Waals surface area contributed by atoms with Gasteiger partial charge in [0, 0.05) is 37.6 Å². The molecule has 146 valence electrons. The predicted octanol–water partition coefficient (Wildman–Crippen LogP) is 0.491. The van der Waals surface area contributed by atoms with Crippen LogP contribution in [0.4, 0.5) is 4.79 Å². The molecule has 4 rings (SSSR count). The van der Waals surface area contributed by atoms with Gasteiger partial charge >= 0.3 is 6.03 Å². The van der Waals surface area contributed by atoms with Gasteiger partial charge in [-0.2, -0.15) is 0 Å². The zero-order valence-electron chi connectivity index (χ0n) is 15.6. The number of aliphatic hydroxyl groups excluding tert-OH is 1. The molecule has 0 unspecified atom stereocenters. The zero-order chi connectivity index (χ0) is 19.8. The van der Waals surface area contributed by atoms with Crippen molar-refractivity contribution in [3.05, 3.63) is 42.1 Å². The summed E-state index contributed by atoms with van der Waals surface area (Å²) < 4.78 is 0. The third kappa shape index (κ3) is 3.31. The molecule has 2 aromatic rings. The molecule has 2 fully saturated rings. The van der Waals surface area contributed by atoms with E-state index >= 15 is 0 Å². The summed E-state index contributed by atoms with van der Waals surface area (Å²) >= 11 is 0. The molecule has 2 aliphatic heterocycles. The molecule has 2 saturated heterocycles. The molecule has 8 nitrogen and oxygen atoms in total. The maximum Gasteiger partial charge on any atom is 0.327 e. The van der Waals surface area contributed by atoms with E-state index < -0.39 is 12.1 Å². The summed E-state index contributed by atoms with van der Waals surface area (Å²) in [5.41, 5.74) is 1.98. The number of likely N-dealkylation sites (N-methyl/N-ethyl adjacent to an activating group) is 1. The monoisotopic (exact) mass is 382 g/mol. The number of β-amino-alcohol motifs (C(OH)–C–C–N with tert-alkyl or cyclic N) is 1. The van der Waals surface area contributed by atoms with Gasteiger partial charge in [0.05, 0.1) is 11.6 Å². The fourth-order valence-corrected chi connectivity index (χ4v) is 3.93. The van der Waals surface area contributed by atoms with E-state index in [1.807, 2.05) is 30.3 Å². The Morgan fingerprint density at radius 1 is 1.21 bits per heavy atom. The van der Waals surface area contributed by atoms with Gasteiger partial charge in [-0.1, -0.05) is 18.2 Å². The average Bonchev–Trinajstić information content (AvgIpc) is 3.16. The first kappa shape index (κ1) is 18.4. The number of para-hydroxylation sites is 1. The molecule has 0 spiro atoms. The Balaban J connectivity index is 1.44. The molecule has 2 aliphatic rings. The molecule has 0 saturated carbocycles. The first-order valence-corrected chi connectivity index (χ1v) is 9.28. The van der Waals surface area contributed by atoms with E-state index in [4.69, 9.17) is 0 Å². The molecule has 2 atom stereocenters. The molecule has 8 heteroatoms. The van der Waals surface area contributed by atoms with Gasteiger partial charge in [0.1, 0.15) is 13.1 Å². The fourth-order valence-electron chi connectivity index (χ4n) is 3.93. The molecule has 4 amide bonds. The topological polar surface area (TPSA) is 94.1 Å². The van der Waals surface area contributed by atoms with Crippen molar-refractivity contribution in [3.8, 4) is 0 Å². The Bertz CT molecular complexity index is 941. The van der Waals surface area contributed by atoms with Crippen molar-refractivity contribution >= 4 is 28.7 Å². The first-order valence-electron chi connectivity index (χ1n) is 9.28. The van der Waals surface area contributed by atoms with Gasteiger partial charge < -0.3 is 14.9 Å². The number of aromatic nitrogens is 1. The number of carbonyl (C=O) groups excluding carboxylic acids is 3. The second kappa shape index (κ2) is 7.20. The molecule has 0 bridgehead atoms. The number of pyridine rings is 1. The first-order chi connectivity index (χ1) is 13.4. The minimum atomic E-state index is -0.650. The van der Waals surface area contributed by atoms with Crippen LogP contribution in [0.25, 0.3) is 10.9 Å². The van der Waals surface area contributed by atoms with Crippen molar-refractivity contribution in [2.45, 2.75) is 12.5 Å². The molecular formula is C20H22N4O4. The SMILES string of the molecule is CN1CC(=O)N(CC(=O)N2C[C@@H](Cc3ccnc4ccccc34)[C@H](O)C2)C1=O. The van der Waals surface area contributed by atoms with Crippen LogP contribution in [0.5, 0.6) is 0 Å². The van der Waals surface area contributed by atoms with Crippen LogP contribution >= 0.6 is 0 Å². The summed E-state index contributed by atoms with van der Waals surface area (Å²) in [7, 11) is 1.53. The number of urea groups is 1. The van der Waals surface area contributed by atoms with Gasteiger partial charge in [-0.05, 0) is 24.1 Å². The lowest BCUT2D eigenvalue weighted by Gasteiger charge is -2.20. The lowest BCUT2D eigenvalue weighted by molar-refractivity contribution is -0.136. The van der Waals surface area contributed by atoms with Crippen molar-refractivity contribution in [2.24, 2.45) is 5.92 Å². The van der Waals surface area contributed by atoms with Crippen molar-refractivity contribution in [1.82, 2.24) is 19.7 Å². The molecule has 0 aliphatic carbocycles. The number of fused-ring (bicyclic) bond motifs is 1. The molecule has 28 heavy (non-hydrogen) atoms. The Morgan fingerprint density at radius 2 is 2.00 bits per heavy atom. The van der Waals surface area contributed by atoms with Crippen LogP contribution in [0.3, 0.4) is 0 Å². The minimum absolute atomic E-state index is 0.00746. The van der Waals surface area contributed by atoms with Crippen LogP contribution in [0.15, 0.2) is 36.5 Å². The van der Waals surface area contributed by atoms with E-state index in [0.29, 0.717) is 13.0 Å². The van der Waals surface area contributed by atoms with Gasteiger partial charge in [-0.3, -0.25) is 19.5 Å². The molecule has 0 radical (unpaired) electrons. The molecule has 1 aromatic carbocycles. The average molecular weight is 382 g/mol. The standard InChI is InChI=1S/C20H22N4O4/c1-22-11-19(27)24(20(22)28)12-18(26)23-9-14(17(25)10-23)8-13-6-7-21-16-5-3-2-4-15(13)16/h2-7,14,17,25H,8-12H2,1H3/t14-,17-/m1/s1. The number of imide groups is 1. The molecule has 1 aromatic heterocycles. The Hall–Kier alpha value is -3.00. The van der Waals surface area contributed by atoms with Gasteiger partial charge in [0.2, 0.25) is 5.91 Å². The fraction of sp³-hybridized carbons (Fsp3) is 0.400. The number of rotatable bonds is 4. The van der Waals surface area contributed by atoms with E-state index in [1.54, 1.807) is 6.20 Å². The Morgan fingerprint density at radius 3 is 2.75 bits per heavy atom. The normalized spacial score (nSPS) is 22.6. The highest BCUT2D eigenvalue weighted by Gasteiger charge is 2.39. The highest BCUT2D eigenvalue weighted by atomic mass is 16.3. The lowest BCUT2D eigenvalue weighted by Crippen LogP contribution is -2.42. The minimum Gasteiger partial charge on any atom is -0.391 e. The van der Waals surface area contributed by atoms with Crippen LogP contribution in [0.2, 0.25) is 0 Å². The number of hydrogen-bond acceptors (Lipinski definition) is 5. The lowest BCUT2D eigenvalue weighted by atomic mass is 9.94. The van der Waals surface area contributed by atoms with Crippen LogP contribution in [-0.2, 0) is 16.0 Å². The van der Waals surface area contributed by atoms with E-state index in [-0.39, 0.29) is 37.4 Å². The molecular weight excluding hydrogens is 360 g/mol. The Labute approximate surface area is 162 Å². The van der Waals surface area contributed by atoms with E-state index in [9.17, 15) is 19.5 Å². The summed E-state index contributed by atoms with van der Waals surface area (Å²) in [5, 5.41) is 11.5. The summed E-state index contributed by atoms with van der Waals surface area (Å²) in [6, 6.07) is 9.32. The van der Waals surface area contributed by atoms with Crippen molar-refractivity contribution in [1.29, 1.82) is 0 Å². The summed E-state index contributed by atoms with van der Waals surface area (Å²) in [6.07, 6.45) is 1.73. The van der Waals surface area contributed by atoms with Crippen molar-refractivity contribution in [2.75, 3.05) is 33.2 Å². The highest BCUT2D eigenvalue weighted by Crippen LogP contribution is 2.25. The summed E-state index contributed by atoms with van der Waals surface area (Å²) in [6.45, 7) is 0.313. The van der Waals surface area contributed by atoms with Crippen LogP contribution in [-0.4, -0.2) is 82.0 Å². The Kier molecular flexibility index (Phi) is 4.72. The number of likely N-dealkylation sites (tertiary alicyclic amines) is 1. The quantitative estimate of drug-likeness (QED) is 0.777. The third-order valence-corrected chi connectivity index (χ3v) is 5.50. The third-order valence-electron chi connectivity index (χ3n) is 5.50. The number of amides is 4. The maximum absolute atomic E-state index is 12.6. The molecule has 1 N–H and O–H groups in total. The van der Waals surface area contributed by atoms with E-state index in [0.717, 1.165) is 21.4 Å². The van der Waals surface area contributed by atoms with E-state index in [1.165, 1.54) is 16.8 Å². The number of hydrogen-bond donors (Lipinski definition) is 1.